The van der Waals surface area contributed by atoms with Crippen LogP contribution in [0.3, 0.4) is 0 Å². The Balaban J connectivity index is 1.34. The number of piperidine rings is 1. The number of nitrogens with zero attached hydrogens (tertiary/aromatic N) is 2. The third-order valence-electron chi connectivity index (χ3n) is 5.63. The second-order valence-corrected chi connectivity index (χ2v) is 11.7. The van der Waals surface area contributed by atoms with Gasteiger partial charge >= 0.3 is 0 Å². The molecular formula is C21H24Br2N2O3S. The molecule has 5 nitrogen and oxygen atoms in total. The topological polar surface area (TPSA) is 49.9 Å². The molecule has 1 spiro atoms. The van der Waals surface area contributed by atoms with Crippen molar-refractivity contribution in [3.8, 4) is 0 Å². The van der Waals surface area contributed by atoms with Gasteiger partial charge in [-0.1, -0.05) is 56.1 Å². The van der Waals surface area contributed by atoms with Gasteiger partial charge in [-0.05, 0) is 48.2 Å². The van der Waals surface area contributed by atoms with Crippen molar-refractivity contribution in [1.82, 2.24) is 9.21 Å². The van der Waals surface area contributed by atoms with Crippen LogP contribution >= 0.6 is 31.9 Å². The van der Waals surface area contributed by atoms with E-state index in [0.717, 1.165) is 40.4 Å². The molecule has 8 heteroatoms. The van der Waals surface area contributed by atoms with Gasteiger partial charge < -0.3 is 4.74 Å². The average Bonchev–Trinajstić information content (AvgIpc) is 3.04. The smallest absolute Gasteiger partial charge is 0.218 e. The monoisotopic (exact) mass is 542 g/mol. The van der Waals surface area contributed by atoms with E-state index in [0.29, 0.717) is 19.8 Å². The first-order valence-electron chi connectivity index (χ1n) is 9.67. The third-order valence-corrected chi connectivity index (χ3v) is 8.46. The Morgan fingerprint density at radius 2 is 1.59 bits per heavy atom. The SMILES string of the molecule is O=S(=O)(Cc1cccc(Br)c1)N1CCC2(CC1)CN(Cc1cccc(Br)c1)CO2. The molecular weight excluding hydrogens is 520 g/mol. The highest BCUT2D eigenvalue weighted by molar-refractivity contribution is 9.10. The van der Waals surface area contributed by atoms with Gasteiger partial charge in [-0.15, -0.1) is 0 Å². The molecule has 0 atom stereocenters. The molecule has 0 aliphatic carbocycles. The van der Waals surface area contributed by atoms with E-state index in [-0.39, 0.29) is 11.4 Å². The normalized spacial score (nSPS) is 20.3. The summed E-state index contributed by atoms with van der Waals surface area (Å²) in [6.07, 6.45) is 1.47. The van der Waals surface area contributed by atoms with Crippen LogP contribution in [-0.2, 0) is 27.1 Å². The van der Waals surface area contributed by atoms with Gasteiger partial charge in [0.1, 0.15) is 6.73 Å². The van der Waals surface area contributed by atoms with E-state index in [4.69, 9.17) is 4.74 Å². The third kappa shape index (κ3) is 5.29. The summed E-state index contributed by atoms with van der Waals surface area (Å²) in [4.78, 5) is 2.30. The lowest BCUT2D eigenvalue weighted by molar-refractivity contribution is -0.0277. The summed E-state index contributed by atoms with van der Waals surface area (Å²) < 4.78 is 35.5. The lowest BCUT2D eigenvalue weighted by Gasteiger charge is -2.37. The first-order chi connectivity index (χ1) is 13.8. The molecule has 0 aromatic heterocycles. The maximum absolute atomic E-state index is 12.9. The van der Waals surface area contributed by atoms with Gasteiger partial charge in [0.05, 0.1) is 11.4 Å². The van der Waals surface area contributed by atoms with E-state index < -0.39 is 10.0 Å². The van der Waals surface area contributed by atoms with Crippen molar-refractivity contribution in [3.63, 3.8) is 0 Å². The Hall–Kier alpha value is -0.770. The summed E-state index contributed by atoms with van der Waals surface area (Å²) in [6.45, 7) is 3.31. The zero-order chi connectivity index (χ0) is 20.5. The van der Waals surface area contributed by atoms with Crippen LogP contribution in [0.4, 0.5) is 0 Å². The van der Waals surface area contributed by atoms with Gasteiger partial charge in [0.25, 0.3) is 0 Å². The standard InChI is InChI=1S/C21H24Br2N2O3S/c22-19-5-1-3-17(11-19)13-24-15-21(28-16-24)7-9-25(10-8-21)29(26,27)14-18-4-2-6-20(23)12-18/h1-6,11-12H,7-10,13-16H2. The summed E-state index contributed by atoms with van der Waals surface area (Å²) in [7, 11) is -3.33. The molecule has 29 heavy (non-hydrogen) atoms. The van der Waals surface area contributed by atoms with Crippen molar-refractivity contribution in [1.29, 1.82) is 0 Å². The van der Waals surface area contributed by atoms with Crippen LogP contribution in [0, 0.1) is 0 Å². The molecule has 2 fully saturated rings. The lowest BCUT2D eigenvalue weighted by Crippen LogP contribution is -2.48. The van der Waals surface area contributed by atoms with Crippen molar-refractivity contribution in [2.75, 3.05) is 26.4 Å². The summed E-state index contributed by atoms with van der Waals surface area (Å²) >= 11 is 6.93. The maximum Gasteiger partial charge on any atom is 0.218 e. The van der Waals surface area contributed by atoms with Crippen LogP contribution in [-0.4, -0.2) is 49.6 Å². The van der Waals surface area contributed by atoms with Gasteiger partial charge in [-0.25, -0.2) is 12.7 Å². The van der Waals surface area contributed by atoms with Gasteiger partial charge in [-0.2, -0.15) is 0 Å². The molecule has 0 unspecified atom stereocenters. The quantitative estimate of drug-likeness (QED) is 0.562. The predicted octanol–water partition coefficient (Wildman–Crippen LogP) is 4.37. The Morgan fingerprint density at radius 1 is 0.966 bits per heavy atom. The molecule has 0 amide bonds. The van der Waals surface area contributed by atoms with Crippen LogP contribution in [0.5, 0.6) is 0 Å². The highest BCUT2D eigenvalue weighted by atomic mass is 79.9. The Kier molecular flexibility index (Phi) is 6.49. The van der Waals surface area contributed by atoms with Crippen molar-refractivity contribution in [3.05, 3.63) is 68.6 Å². The molecule has 0 radical (unpaired) electrons. The molecule has 2 saturated heterocycles. The van der Waals surface area contributed by atoms with Gasteiger partial charge in [0, 0.05) is 35.1 Å². The fourth-order valence-electron chi connectivity index (χ4n) is 4.13. The molecule has 2 aromatic carbocycles. The van der Waals surface area contributed by atoms with E-state index in [1.54, 1.807) is 4.31 Å². The molecule has 2 aliphatic rings. The van der Waals surface area contributed by atoms with Gasteiger partial charge in [0.2, 0.25) is 10.0 Å². The summed E-state index contributed by atoms with van der Waals surface area (Å²) in [5, 5.41) is 0. The Morgan fingerprint density at radius 3 is 2.24 bits per heavy atom. The molecule has 4 rings (SSSR count). The first-order valence-corrected chi connectivity index (χ1v) is 12.9. The number of ether oxygens (including phenoxy) is 1. The zero-order valence-corrected chi connectivity index (χ0v) is 20.0. The van der Waals surface area contributed by atoms with Gasteiger partial charge in [-0.3, -0.25) is 4.90 Å². The summed E-state index contributed by atoms with van der Waals surface area (Å²) in [5.74, 6) is 0.0370. The molecule has 2 aromatic rings. The highest BCUT2D eigenvalue weighted by Crippen LogP contribution is 2.34. The van der Waals surface area contributed by atoms with Crippen molar-refractivity contribution in [2.24, 2.45) is 0 Å². The van der Waals surface area contributed by atoms with Gasteiger partial charge in [0.15, 0.2) is 0 Å². The number of sulfonamides is 1. The minimum absolute atomic E-state index is 0.0370. The fourth-order valence-corrected chi connectivity index (χ4v) is 6.54. The van der Waals surface area contributed by atoms with E-state index in [1.165, 1.54) is 5.56 Å². The minimum atomic E-state index is -3.33. The molecule has 156 valence electrons. The highest BCUT2D eigenvalue weighted by Gasteiger charge is 2.43. The van der Waals surface area contributed by atoms with Crippen molar-refractivity contribution < 1.29 is 13.2 Å². The van der Waals surface area contributed by atoms with Crippen LogP contribution in [0.15, 0.2) is 57.5 Å². The summed E-state index contributed by atoms with van der Waals surface area (Å²) in [6, 6.07) is 15.8. The van der Waals surface area contributed by atoms with Crippen LogP contribution in [0.2, 0.25) is 0 Å². The Bertz CT molecular complexity index is 975. The van der Waals surface area contributed by atoms with Crippen molar-refractivity contribution >= 4 is 41.9 Å². The fraction of sp³-hybridized carbons (Fsp3) is 0.429. The van der Waals surface area contributed by atoms with Crippen LogP contribution in [0.1, 0.15) is 24.0 Å². The predicted molar refractivity (Wildman–Crippen MR) is 121 cm³/mol. The second kappa shape index (κ2) is 8.77. The second-order valence-electron chi connectivity index (χ2n) is 7.86. The average molecular weight is 544 g/mol. The number of halogens is 2. The maximum atomic E-state index is 12.9. The molecule has 2 heterocycles. The van der Waals surface area contributed by atoms with E-state index in [9.17, 15) is 8.42 Å². The number of hydrogen-bond donors (Lipinski definition) is 0. The molecule has 0 N–H and O–H groups in total. The molecule has 2 aliphatic heterocycles. The minimum Gasteiger partial charge on any atom is -0.358 e. The molecule has 0 bridgehead atoms. The number of hydrogen-bond acceptors (Lipinski definition) is 4. The zero-order valence-electron chi connectivity index (χ0n) is 16.1. The number of benzene rings is 2. The van der Waals surface area contributed by atoms with E-state index in [2.05, 4.69) is 48.9 Å². The van der Waals surface area contributed by atoms with Crippen LogP contribution < -0.4 is 0 Å². The van der Waals surface area contributed by atoms with Crippen molar-refractivity contribution in [2.45, 2.75) is 30.7 Å². The first kappa shape index (κ1) is 21.5. The van der Waals surface area contributed by atoms with Crippen LogP contribution in [0.25, 0.3) is 0 Å². The largest absolute Gasteiger partial charge is 0.358 e. The van der Waals surface area contributed by atoms with E-state index in [1.807, 2.05) is 36.4 Å². The number of rotatable bonds is 5. The van der Waals surface area contributed by atoms with E-state index >= 15 is 0 Å². The lowest BCUT2D eigenvalue weighted by atomic mass is 9.92. The summed E-state index contributed by atoms with van der Waals surface area (Å²) in [5.41, 5.74) is 1.82. The molecule has 0 saturated carbocycles. The Labute approximate surface area is 189 Å².